The van der Waals surface area contributed by atoms with Crippen LogP contribution in [0.5, 0.6) is 0 Å². The summed E-state index contributed by atoms with van der Waals surface area (Å²) in [5, 5.41) is 13.3. The van der Waals surface area contributed by atoms with Crippen LogP contribution in [0.1, 0.15) is 35.0 Å². The largest absolute Gasteiger partial charge is 0.316 e. The van der Waals surface area contributed by atoms with Gasteiger partial charge in [-0.2, -0.15) is 5.26 Å². The van der Waals surface area contributed by atoms with Crippen LogP contribution in [0.25, 0.3) is 0 Å². The highest BCUT2D eigenvalue weighted by atomic mass is 32.2. The van der Waals surface area contributed by atoms with E-state index < -0.39 is 0 Å². The quantitative estimate of drug-likeness (QED) is 0.657. The first-order chi connectivity index (χ1) is 11.0. The van der Waals surface area contributed by atoms with Crippen LogP contribution in [0.15, 0.2) is 17.4 Å². The van der Waals surface area contributed by atoms with E-state index in [1.807, 2.05) is 33.8 Å². The van der Waals surface area contributed by atoms with Crippen LogP contribution in [0, 0.1) is 32.1 Å². The minimum atomic E-state index is -0.265. The molecule has 0 aromatic carbocycles. The van der Waals surface area contributed by atoms with E-state index in [0.29, 0.717) is 17.0 Å². The fourth-order valence-electron chi connectivity index (χ4n) is 2.00. The number of thioether (sulfide) groups is 1. The van der Waals surface area contributed by atoms with Crippen molar-refractivity contribution in [1.82, 2.24) is 9.97 Å². The Morgan fingerprint density at radius 3 is 2.78 bits per heavy atom. The summed E-state index contributed by atoms with van der Waals surface area (Å²) in [5.74, 6) is -0.105. The monoisotopic (exact) mass is 346 g/mol. The lowest BCUT2D eigenvalue weighted by molar-refractivity contribution is -0.115. The number of hydrogen-bond acceptors (Lipinski definition) is 6. The molecule has 1 amide bonds. The summed E-state index contributed by atoms with van der Waals surface area (Å²) in [6.07, 6.45) is 2.17. The van der Waals surface area contributed by atoms with Crippen LogP contribution in [-0.2, 0) is 4.79 Å². The SMILES string of the molecule is CCC(Sc1cc(C)ncn1)C(=O)Nc1sc(C)c(C)c1C#N. The zero-order chi connectivity index (χ0) is 17.0. The molecule has 0 aliphatic carbocycles. The summed E-state index contributed by atoms with van der Waals surface area (Å²) < 4.78 is 0. The van der Waals surface area contributed by atoms with E-state index in [4.69, 9.17) is 0 Å². The molecule has 23 heavy (non-hydrogen) atoms. The third-order valence-corrected chi connectivity index (χ3v) is 5.86. The van der Waals surface area contributed by atoms with Crippen molar-refractivity contribution in [1.29, 1.82) is 5.26 Å². The standard InChI is InChI=1S/C16H18N4OS2/c1-5-13(23-14-6-9(2)18-8-19-14)15(21)20-16-12(7-17)10(3)11(4)22-16/h6,8,13H,5H2,1-4H3,(H,20,21). The van der Waals surface area contributed by atoms with Gasteiger partial charge in [0.2, 0.25) is 5.91 Å². The first-order valence-corrected chi connectivity index (χ1v) is 8.92. The molecular formula is C16H18N4OS2. The van der Waals surface area contributed by atoms with Crippen molar-refractivity contribution in [3.63, 3.8) is 0 Å². The van der Waals surface area contributed by atoms with Gasteiger partial charge < -0.3 is 5.32 Å². The molecule has 7 heteroatoms. The second-order valence-corrected chi connectivity index (χ2v) is 7.55. The van der Waals surface area contributed by atoms with Crippen LogP contribution in [0.2, 0.25) is 0 Å². The second-order valence-electron chi connectivity index (χ2n) is 5.10. The highest BCUT2D eigenvalue weighted by Gasteiger charge is 2.22. The van der Waals surface area contributed by atoms with Crippen molar-refractivity contribution < 1.29 is 4.79 Å². The Morgan fingerprint density at radius 2 is 2.17 bits per heavy atom. The number of amides is 1. The summed E-state index contributed by atoms with van der Waals surface area (Å²) in [6.45, 7) is 7.70. The van der Waals surface area contributed by atoms with Crippen LogP contribution < -0.4 is 5.32 Å². The molecule has 0 aliphatic rings. The summed E-state index contributed by atoms with van der Waals surface area (Å²) in [5.41, 5.74) is 2.35. The molecule has 1 N–H and O–H groups in total. The zero-order valence-electron chi connectivity index (χ0n) is 13.5. The molecule has 2 heterocycles. The number of carbonyl (C=O) groups excluding carboxylic acids is 1. The maximum atomic E-state index is 12.5. The van der Waals surface area contributed by atoms with Gasteiger partial charge in [-0.05, 0) is 38.8 Å². The number of nitrogens with one attached hydrogen (secondary N) is 1. The molecule has 2 aromatic heterocycles. The Labute approximate surface area is 144 Å². The zero-order valence-corrected chi connectivity index (χ0v) is 15.1. The van der Waals surface area contributed by atoms with E-state index in [0.717, 1.165) is 21.2 Å². The number of anilines is 1. The van der Waals surface area contributed by atoms with Crippen molar-refractivity contribution >= 4 is 34.0 Å². The first kappa shape index (κ1) is 17.4. The maximum Gasteiger partial charge on any atom is 0.238 e. The molecule has 2 rings (SSSR count). The van der Waals surface area contributed by atoms with E-state index >= 15 is 0 Å². The Hall–Kier alpha value is -1.91. The molecule has 1 unspecified atom stereocenters. The van der Waals surface area contributed by atoms with Gasteiger partial charge in [0.15, 0.2) is 0 Å². The van der Waals surface area contributed by atoms with E-state index in [9.17, 15) is 10.1 Å². The Morgan fingerprint density at radius 1 is 1.43 bits per heavy atom. The van der Waals surface area contributed by atoms with Crippen molar-refractivity contribution in [2.24, 2.45) is 0 Å². The van der Waals surface area contributed by atoms with Gasteiger partial charge in [-0.3, -0.25) is 4.79 Å². The van der Waals surface area contributed by atoms with Crippen molar-refractivity contribution in [3.05, 3.63) is 34.1 Å². The van der Waals surface area contributed by atoms with Crippen LogP contribution in [0.4, 0.5) is 5.00 Å². The van der Waals surface area contributed by atoms with E-state index in [-0.39, 0.29) is 11.2 Å². The summed E-state index contributed by atoms with van der Waals surface area (Å²) >= 11 is 2.85. The highest BCUT2D eigenvalue weighted by molar-refractivity contribution is 8.00. The molecule has 0 radical (unpaired) electrons. The van der Waals surface area contributed by atoms with Crippen molar-refractivity contribution in [2.75, 3.05) is 5.32 Å². The van der Waals surface area contributed by atoms with Gasteiger partial charge in [0, 0.05) is 10.6 Å². The molecule has 0 bridgehead atoms. The molecule has 0 spiro atoms. The second kappa shape index (κ2) is 7.57. The van der Waals surface area contributed by atoms with Gasteiger partial charge >= 0.3 is 0 Å². The molecule has 1 atom stereocenters. The normalized spacial score (nSPS) is 11.8. The average Bonchev–Trinajstić information content (AvgIpc) is 2.78. The number of aryl methyl sites for hydroxylation is 2. The topological polar surface area (TPSA) is 78.7 Å². The number of nitriles is 1. The first-order valence-electron chi connectivity index (χ1n) is 7.22. The molecule has 0 fully saturated rings. The average molecular weight is 346 g/mol. The predicted molar refractivity (Wildman–Crippen MR) is 93.8 cm³/mol. The van der Waals surface area contributed by atoms with E-state index in [2.05, 4.69) is 21.4 Å². The third-order valence-electron chi connectivity index (χ3n) is 3.44. The molecule has 5 nitrogen and oxygen atoms in total. The summed E-state index contributed by atoms with van der Waals surface area (Å²) in [7, 11) is 0. The molecule has 0 saturated carbocycles. The molecule has 2 aromatic rings. The van der Waals surface area contributed by atoms with Gasteiger partial charge in [-0.25, -0.2) is 9.97 Å². The third kappa shape index (κ3) is 4.09. The smallest absolute Gasteiger partial charge is 0.238 e. The minimum absolute atomic E-state index is 0.105. The van der Waals surface area contributed by atoms with Gasteiger partial charge in [0.05, 0.1) is 10.8 Å². The summed E-state index contributed by atoms with van der Waals surface area (Å²) in [4.78, 5) is 21.8. The van der Waals surface area contributed by atoms with Crippen molar-refractivity contribution in [3.8, 4) is 6.07 Å². The fourth-order valence-corrected chi connectivity index (χ4v) is 3.99. The number of nitrogens with zero attached hydrogens (tertiary/aromatic N) is 3. The Balaban J connectivity index is 2.15. The maximum absolute atomic E-state index is 12.5. The molecule has 120 valence electrons. The Kier molecular flexibility index (Phi) is 5.74. The number of hydrogen-bond donors (Lipinski definition) is 1. The lowest BCUT2D eigenvalue weighted by Gasteiger charge is -2.13. The molecule has 0 saturated heterocycles. The number of rotatable bonds is 5. The van der Waals surface area contributed by atoms with Gasteiger partial charge in [0.25, 0.3) is 0 Å². The van der Waals surface area contributed by atoms with E-state index in [1.165, 1.54) is 29.4 Å². The molecule has 0 aliphatic heterocycles. The Bertz CT molecular complexity index is 764. The number of thiophene rings is 1. The van der Waals surface area contributed by atoms with E-state index in [1.54, 1.807) is 0 Å². The van der Waals surface area contributed by atoms with Gasteiger partial charge in [-0.1, -0.05) is 18.7 Å². The highest BCUT2D eigenvalue weighted by Crippen LogP contribution is 2.33. The van der Waals surface area contributed by atoms with Gasteiger partial charge in [0.1, 0.15) is 22.4 Å². The molecular weight excluding hydrogens is 328 g/mol. The van der Waals surface area contributed by atoms with Crippen LogP contribution in [0.3, 0.4) is 0 Å². The van der Waals surface area contributed by atoms with Crippen LogP contribution in [-0.4, -0.2) is 21.1 Å². The van der Waals surface area contributed by atoms with Crippen LogP contribution >= 0.6 is 23.1 Å². The predicted octanol–water partition coefficient (Wildman–Crippen LogP) is 3.84. The fraction of sp³-hybridized carbons (Fsp3) is 0.375. The number of carbonyl (C=O) groups is 1. The minimum Gasteiger partial charge on any atom is -0.316 e. The van der Waals surface area contributed by atoms with Crippen molar-refractivity contribution in [2.45, 2.75) is 44.4 Å². The lowest BCUT2D eigenvalue weighted by atomic mass is 10.2. The number of aromatic nitrogens is 2. The van der Waals surface area contributed by atoms with Gasteiger partial charge in [-0.15, -0.1) is 11.3 Å². The summed E-state index contributed by atoms with van der Waals surface area (Å²) in [6, 6.07) is 4.03. The lowest BCUT2D eigenvalue weighted by Crippen LogP contribution is -2.24.